The van der Waals surface area contributed by atoms with E-state index in [1.54, 1.807) is 0 Å². The first-order valence-electron chi connectivity index (χ1n) is 7.10. The Morgan fingerprint density at radius 1 is 1.30 bits per heavy atom. The molecule has 108 valence electrons. The van der Waals surface area contributed by atoms with Crippen LogP contribution in [-0.2, 0) is 13.1 Å². The summed E-state index contributed by atoms with van der Waals surface area (Å²) in [5.41, 5.74) is 4.82. The minimum absolute atomic E-state index is 0.765. The molecule has 0 unspecified atom stereocenters. The highest BCUT2D eigenvalue weighted by atomic mass is 35.5. The number of hydrogen-bond donors (Lipinski definition) is 1. The molecule has 1 aromatic carbocycles. The molecule has 0 aliphatic rings. The van der Waals surface area contributed by atoms with E-state index in [4.69, 9.17) is 11.6 Å². The predicted molar refractivity (Wildman–Crippen MR) is 84.3 cm³/mol. The van der Waals surface area contributed by atoms with Gasteiger partial charge >= 0.3 is 0 Å². The number of nitrogens with one attached hydrogen (secondary N) is 1. The van der Waals surface area contributed by atoms with Gasteiger partial charge in [-0.05, 0) is 44.5 Å². The van der Waals surface area contributed by atoms with Gasteiger partial charge in [-0.2, -0.15) is 5.10 Å². The van der Waals surface area contributed by atoms with Gasteiger partial charge in [0.05, 0.1) is 12.2 Å². The van der Waals surface area contributed by atoms with E-state index in [0.29, 0.717) is 0 Å². The van der Waals surface area contributed by atoms with Crippen LogP contribution in [-0.4, -0.2) is 16.3 Å². The topological polar surface area (TPSA) is 29.9 Å². The lowest BCUT2D eigenvalue weighted by Gasteiger charge is -2.07. The van der Waals surface area contributed by atoms with Gasteiger partial charge in [-0.3, -0.25) is 4.68 Å². The van der Waals surface area contributed by atoms with Crippen molar-refractivity contribution >= 4 is 11.6 Å². The highest BCUT2D eigenvalue weighted by Gasteiger charge is 2.11. The molecule has 20 heavy (non-hydrogen) atoms. The molecule has 0 saturated carbocycles. The summed E-state index contributed by atoms with van der Waals surface area (Å²) in [6, 6.07) is 7.95. The largest absolute Gasteiger partial charge is 0.313 e. The summed E-state index contributed by atoms with van der Waals surface area (Å²) in [7, 11) is 0. The van der Waals surface area contributed by atoms with Gasteiger partial charge in [-0.15, -0.1) is 0 Å². The summed E-state index contributed by atoms with van der Waals surface area (Å²) >= 11 is 6.03. The lowest BCUT2D eigenvalue weighted by molar-refractivity contribution is 0.650. The number of aryl methyl sites for hydroxylation is 1. The average molecular weight is 292 g/mol. The van der Waals surface area contributed by atoms with E-state index in [1.165, 1.54) is 16.8 Å². The fourth-order valence-corrected chi connectivity index (χ4v) is 2.56. The van der Waals surface area contributed by atoms with Crippen LogP contribution in [0.15, 0.2) is 24.3 Å². The second-order valence-corrected chi connectivity index (χ2v) is 5.55. The van der Waals surface area contributed by atoms with Gasteiger partial charge in [0.25, 0.3) is 0 Å². The SMILES string of the molecule is CCCNCc1c(C)nn(Cc2cccc(Cl)c2)c1C. The number of hydrogen-bond acceptors (Lipinski definition) is 2. The molecule has 0 aliphatic carbocycles. The summed E-state index contributed by atoms with van der Waals surface area (Å²) in [6.45, 7) is 9.08. The normalized spacial score (nSPS) is 11.0. The maximum Gasteiger partial charge on any atom is 0.0663 e. The Bertz CT molecular complexity index is 575. The van der Waals surface area contributed by atoms with Crippen LogP contribution >= 0.6 is 11.6 Å². The van der Waals surface area contributed by atoms with E-state index in [1.807, 2.05) is 18.2 Å². The Morgan fingerprint density at radius 3 is 2.80 bits per heavy atom. The van der Waals surface area contributed by atoms with Gasteiger partial charge in [-0.1, -0.05) is 30.7 Å². The van der Waals surface area contributed by atoms with E-state index >= 15 is 0 Å². The van der Waals surface area contributed by atoms with Gasteiger partial charge in [-0.25, -0.2) is 0 Å². The molecule has 2 aromatic rings. The summed E-state index contributed by atoms with van der Waals surface area (Å²) in [6.07, 6.45) is 1.15. The zero-order valence-electron chi connectivity index (χ0n) is 12.4. The third-order valence-electron chi connectivity index (χ3n) is 3.48. The van der Waals surface area contributed by atoms with Crippen LogP contribution in [0.2, 0.25) is 5.02 Å². The van der Waals surface area contributed by atoms with Crippen molar-refractivity contribution in [3.63, 3.8) is 0 Å². The van der Waals surface area contributed by atoms with Gasteiger partial charge in [0.15, 0.2) is 0 Å². The van der Waals surface area contributed by atoms with Crippen molar-refractivity contribution in [2.24, 2.45) is 0 Å². The quantitative estimate of drug-likeness (QED) is 0.823. The van der Waals surface area contributed by atoms with Crippen LogP contribution in [0.5, 0.6) is 0 Å². The van der Waals surface area contributed by atoms with E-state index < -0.39 is 0 Å². The maximum absolute atomic E-state index is 6.03. The highest BCUT2D eigenvalue weighted by Crippen LogP contribution is 2.16. The van der Waals surface area contributed by atoms with E-state index in [2.05, 4.69) is 41.9 Å². The maximum atomic E-state index is 6.03. The zero-order chi connectivity index (χ0) is 14.5. The monoisotopic (exact) mass is 291 g/mol. The van der Waals surface area contributed by atoms with Crippen LogP contribution in [0.1, 0.15) is 35.9 Å². The van der Waals surface area contributed by atoms with Crippen LogP contribution < -0.4 is 5.32 Å². The van der Waals surface area contributed by atoms with Crippen LogP contribution in [0.3, 0.4) is 0 Å². The molecule has 0 aliphatic heterocycles. The number of nitrogens with zero attached hydrogens (tertiary/aromatic N) is 2. The number of rotatable bonds is 6. The summed E-state index contributed by atoms with van der Waals surface area (Å²) in [4.78, 5) is 0. The molecule has 0 atom stereocenters. The Hall–Kier alpha value is -1.32. The summed E-state index contributed by atoms with van der Waals surface area (Å²) in [5.74, 6) is 0. The fourth-order valence-electron chi connectivity index (χ4n) is 2.34. The lowest BCUT2D eigenvalue weighted by Crippen LogP contribution is -2.15. The van der Waals surface area contributed by atoms with E-state index in [-0.39, 0.29) is 0 Å². The predicted octanol–water partition coefficient (Wildman–Crippen LogP) is 3.70. The minimum Gasteiger partial charge on any atom is -0.313 e. The first-order valence-corrected chi connectivity index (χ1v) is 7.47. The number of halogens is 1. The Kier molecular flexibility index (Phi) is 5.21. The molecule has 0 fully saturated rings. The first kappa shape index (κ1) is 15.1. The van der Waals surface area contributed by atoms with E-state index in [9.17, 15) is 0 Å². The molecule has 2 rings (SSSR count). The molecule has 0 saturated heterocycles. The van der Waals surface area contributed by atoms with Crippen molar-refractivity contribution in [2.45, 2.75) is 40.3 Å². The summed E-state index contributed by atoms with van der Waals surface area (Å²) < 4.78 is 2.06. The highest BCUT2D eigenvalue weighted by molar-refractivity contribution is 6.30. The second kappa shape index (κ2) is 6.91. The zero-order valence-corrected chi connectivity index (χ0v) is 13.2. The first-order chi connectivity index (χ1) is 9.61. The Labute approximate surface area is 126 Å². The molecule has 0 spiro atoms. The third kappa shape index (κ3) is 3.62. The molecule has 4 heteroatoms. The number of aromatic nitrogens is 2. The smallest absolute Gasteiger partial charge is 0.0663 e. The molecule has 0 amide bonds. The molecule has 1 aromatic heterocycles. The Balaban J connectivity index is 2.15. The minimum atomic E-state index is 0.765. The van der Waals surface area contributed by atoms with Gasteiger partial charge in [0.1, 0.15) is 0 Å². The van der Waals surface area contributed by atoms with Crippen molar-refractivity contribution in [1.29, 1.82) is 0 Å². The standard InChI is InChI=1S/C16H22ClN3/c1-4-8-18-10-16-12(2)19-20(13(16)3)11-14-6-5-7-15(17)9-14/h5-7,9,18H,4,8,10-11H2,1-3H3. The van der Waals surface area contributed by atoms with Crippen molar-refractivity contribution in [3.05, 3.63) is 51.8 Å². The molecule has 0 radical (unpaired) electrons. The molecule has 3 nitrogen and oxygen atoms in total. The average Bonchev–Trinajstić information content (AvgIpc) is 2.66. The van der Waals surface area contributed by atoms with E-state index in [0.717, 1.165) is 36.8 Å². The van der Waals surface area contributed by atoms with Crippen molar-refractivity contribution in [1.82, 2.24) is 15.1 Å². The molecular formula is C16H22ClN3. The molecule has 0 bridgehead atoms. The van der Waals surface area contributed by atoms with Crippen molar-refractivity contribution in [3.8, 4) is 0 Å². The van der Waals surface area contributed by atoms with Crippen molar-refractivity contribution < 1.29 is 0 Å². The van der Waals surface area contributed by atoms with Gasteiger partial charge < -0.3 is 5.32 Å². The van der Waals surface area contributed by atoms with Crippen molar-refractivity contribution in [2.75, 3.05) is 6.54 Å². The Morgan fingerprint density at radius 2 is 2.10 bits per heavy atom. The summed E-state index contributed by atoms with van der Waals surface area (Å²) in [5, 5.41) is 8.86. The fraction of sp³-hybridized carbons (Fsp3) is 0.438. The molecule has 1 N–H and O–H groups in total. The van der Waals surface area contributed by atoms with Gasteiger partial charge in [0, 0.05) is 22.8 Å². The number of benzene rings is 1. The lowest BCUT2D eigenvalue weighted by atomic mass is 10.2. The van der Waals surface area contributed by atoms with Crippen LogP contribution in [0, 0.1) is 13.8 Å². The third-order valence-corrected chi connectivity index (χ3v) is 3.72. The van der Waals surface area contributed by atoms with Crippen LogP contribution in [0.4, 0.5) is 0 Å². The van der Waals surface area contributed by atoms with Gasteiger partial charge in [0.2, 0.25) is 0 Å². The van der Waals surface area contributed by atoms with Crippen LogP contribution in [0.25, 0.3) is 0 Å². The molecule has 1 heterocycles. The molecular weight excluding hydrogens is 270 g/mol. The second-order valence-electron chi connectivity index (χ2n) is 5.11.